The molecule has 2 N–H and O–H groups in total. The first kappa shape index (κ1) is 21.0. The molecule has 12 heteroatoms. The molecule has 9 nitrogen and oxygen atoms in total. The van der Waals surface area contributed by atoms with E-state index in [0.717, 1.165) is 17.8 Å². The van der Waals surface area contributed by atoms with Crippen LogP contribution in [-0.4, -0.2) is 92.1 Å². The summed E-state index contributed by atoms with van der Waals surface area (Å²) in [6.07, 6.45) is -1.05. The van der Waals surface area contributed by atoms with Gasteiger partial charge in [-0.3, -0.25) is 5.10 Å². The monoisotopic (exact) mass is 451 g/mol. The van der Waals surface area contributed by atoms with Crippen molar-refractivity contribution in [2.45, 2.75) is 36.5 Å². The maximum Gasteiger partial charge on any atom is 0.418 e. The number of anilines is 1. The van der Waals surface area contributed by atoms with Crippen molar-refractivity contribution in [3.8, 4) is 0 Å². The Labute approximate surface area is 182 Å². The number of urea groups is 1. The lowest BCUT2D eigenvalue weighted by atomic mass is 9.93. The van der Waals surface area contributed by atoms with E-state index in [9.17, 15) is 23.1 Å². The number of likely N-dealkylation sites (tertiary alicyclic amines) is 2. The van der Waals surface area contributed by atoms with E-state index >= 15 is 0 Å². The predicted octanol–water partition coefficient (Wildman–Crippen LogP) is 1.71. The van der Waals surface area contributed by atoms with Crippen LogP contribution in [-0.2, 0) is 0 Å². The van der Waals surface area contributed by atoms with Gasteiger partial charge in [0.25, 0.3) is 0 Å². The maximum absolute atomic E-state index is 13.0. The number of amides is 2. The van der Waals surface area contributed by atoms with Crippen molar-refractivity contribution in [2.75, 3.05) is 44.2 Å². The maximum atomic E-state index is 13.0. The van der Waals surface area contributed by atoms with Gasteiger partial charge in [0.2, 0.25) is 0 Å². The number of hydrogen-bond acceptors (Lipinski definition) is 6. The van der Waals surface area contributed by atoms with Crippen LogP contribution in [0.2, 0.25) is 0 Å². The van der Waals surface area contributed by atoms with Gasteiger partial charge in [0.1, 0.15) is 18.0 Å². The fourth-order valence-electron chi connectivity index (χ4n) is 4.66. The van der Waals surface area contributed by atoms with E-state index in [1.165, 1.54) is 11.2 Å². The molecule has 0 saturated carbocycles. The summed E-state index contributed by atoms with van der Waals surface area (Å²) in [5.74, 6) is 1.55. The van der Waals surface area contributed by atoms with Gasteiger partial charge in [-0.05, 0) is 18.1 Å². The molecule has 32 heavy (non-hydrogen) atoms. The van der Waals surface area contributed by atoms with E-state index < -0.39 is 18.3 Å². The number of H-pyrrole nitrogens is 1. The average Bonchev–Trinajstić information content (AvgIpc) is 3.47. The van der Waals surface area contributed by atoms with Crippen molar-refractivity contribution in [1.82, 2.24) is 30.0 Å². The molecule has 0 bridgehead atoms. The highest BCUT2D eigenvalue weighted by atomic mass is 19.4. The average molecular weight is 451 g/mol. The summed E-state index contributed by atoms with van der Waals surface area (Å²) in [6.45, 7) is 2.05. The van der Waals surface area contributed by atoms with E-state index in [1.807, 2.05) is 11.0 Å². The van der Waals surface area contributed by atoms with Gasteiger partial charge in [-0.25, -0.2) is 14.8 Å². The minimum absolute atomic E-state index is 0.0105. The Morgan fingerprint density at radius 1 is 1.12 bits per heavy atom. The largest absolute Gasteiger partial charge is 0.418 e. The number of aliphatic hydroxyl groups is 1. The lowest BCUT2D eigenvalue weighted by Crippen LogP contribution is -2.53. The van der Waals surface area contributed by atoms with Gasteiger partial charge in [-0.1, -0.05) is 6.07 Å². The summed E-state index contributed by atoms with van der Waals surface area (Å²) in [4.78, 5) is 26.3. The highest BCUT2D eigenvalue weighted by Crippen LogP contribution is 2.39. The van der Waals surface area contributed by atoms with Gasteiger partial charge in [0, 0.05) is 57.2 Å². The molecule has 5 heterocycles. The van der Waals surface area contributed by atoms with Crippen LogP contribution < -0.4 is 4.90 Å². The number of alkyl halides is 3. The fourth-order valence-corrected chi connectivity index (χ4v) is 4.66. The van der Waals surface area contributed by atoms with Crippen molar-refractivity contribution >= 4 is 11.8 Å². The molecule has 0 radical (unpaired) electrons. The first-order chi connectivity index (χ1) is 15.2. The van der Waals surface area contributed by atoms with Gasteiger partial charge < -0.3 is 19.8 Å². The predicted molar refractivity (Wildman–Crippen MR) is 107 cm³/mol. The van der Waals surface area contributed by atoms with Crippen LogP contribution in [0.5, 0.6) is 0 Å². The van der Waals surface area contributed by atoms with Crippen molar-refractivity contribution in [2.24, 2.45) is 0 Å². The second-order valence-corrected chi connectivity index (χ2v) is 8.84. The summed E-state index contributed by atoms with van der Waals surface area (Å²) in [6, 6.07) is 3.54. The molecular formula is C20H24F3N7O2. The molecule has 2 aromatic rings. The molecule has 0 spiro atoms. The van der Waals surface area contributed by atoms with Crippen LogP contribution in [0.1, 0.15) is 36.1 Å². The second-order valence-electron chi connectivity index (χ2n) is 8.84. The molecule has 3 fully saturated rings. The standard InChI is InChI=1S/C20H24F3N7O2/c21-20(22,23)19(32)4-6-29(11-19)16-2-1-13(7-24-16)15-9-30(10-15)18(31)28-5-3-14(8-28)17-25-12-26-27-17/h1-2,7,12,14-15,32H,3-6,8-11H2,(H,25,26,27)/t14-,19-/m0/s1. The quantitative estimate of drug-likeness (QED) is 0.737. The Balaban J connectivity index is 1.14. The molecule has 2 atom stereocenters. The molecule has 2 aromatic heterocycles. The number of halogens is 3. The zero-order chi connectivity index (χ0) is 22.5. The number of rotatable bonds is 3. The molecular weight excluding hydrogens is 427 g/mol. The number of aromatic nitrogens is 4. The Hall–Kier alpha value is -2.89. The van der Waals surface area contributed by atoms with Crippen LogP contribution in [0.15, 0.2) is 24.7 Å². The molecule has 0 aliphatic carbocycles. The summed E-state index contributed by atoms with van der Waals surface area (Å²) in [5, 5.41) is 16.6. The Morgan fingerprint density at radius 3 is 2.53 bits per heavy atom. The molecule has 0 unspecified atom stereocenters. The van der Waals surface area contributed by atoms with E-state index in [-0.39, 0.29) is 30.8 Å². The number of nitrogens with one attached hydrogen (secondary N) is 1. The summed E-state index contributed by atoms with van der Waals surface area (Å²) in [7, 11) is 0. The Morgan fingerprint density at radius 2 is 1.91 bits per heavy atom. The number of aromatic amines is 1. The van der Waals surface area contributed by atoms with E-state index in [2.05, 4.69) is 20.2 Å². The number of pyridine rings is 1. The molecule has 3 aliphatic heterocycles. The zero-order valence-corrected chi connectivity index (χ0v) is 17.3. The highest BCUT2D eigenvalue weighted by Gasteiger charge is 2.57. The third kappa shape index (κ3) is 3.65. The first-order valence-corrected chi connectivity index (χ1v) is 10.6. The summed E-state index contributed by atoms with van der Waals surface area (Å²) in [5.41, 5.74) is -1.74. The number of carbonyl (C=O) groups excluding carboxylic acids is 1. The van der Waals surface area contributed by atoms with Crippen molar-refractivity contribution in [1.29, 1.82) is 0 Å². The lowest BCUT2D eigenvalue weighted by Gasteiger charge is -2.41. The zero-order valence-electron chi connectivity index (χ0n) is 17.3. The molecule has 3 saturated heterocycles. The molecule has 3 aliphatic rings. The highest BCUT2D eigenvalue weighted by molar-refractivity contribution is 5.76. The van der Waals surface area contributed by atoms with Gasteiger partial charge in [0.05, 0.1) is 6.54 Å². The van der Waals surface area contributed by atoms with E-state index in [4.69, 9.17) is 0 Å². The van der Waals surface area contributed by atoms with E-state index in [1.54, 1.807) is 17.2 Å². The van der Waals surface area contributed by atoms with Gasteiger partial charge in [0.15, 0.2) is 5.60 Å². The third-order valence-corrected chi connectivity index (χ3v) is 6.77. The summed E-state index contributed by atoms with van der Waals surface area (Å²) < 4.78 is 39.1. The number of β-amino-alcohol motifs (C(OH)–C–C–N with tert-alkyl or cyclic N) is 1. The van der Waals surface area contributed by atoms with Crippen molar-refractivity contribution < 1.29 is 23.1 Å². The Kier molecular flexibility index (Phi) is 4.99. The Bertz CT molecular complexity index is 963. The lowest BCUT2D eigenvalue weighted by molar-refractivity contribution is -0.250. The fraction of sp³-hybridized carbons (Fsp3) is 0.600. The van der Waals surface area contributed by atoms with Crippen LogP contribution in [0, 0.1) is 0 Å². The number of carbonyl (C=O) groups is 1. The molecule has 0 aromatic carbocycles. The van der Waals surface area contributed by atoms with Gasteiger partial charge in [-0.15, -0.1) is 0 Å². The number of hydrogen-bond donors (Lipinski definition) is 2. The third-order valence-electron chi connectivity index (χ3n) is 6.77. The second kappa shape index (κ2) is 7.61. The number of nitrogens with zero attached hydrogens (tertiary/aromatic N) is 6. The van der Waals surface area contributed by atoms with Gasteiger partial charge in [-0.2, -0.15) is 18.3 Å². The minimum atomic E-state index is -4.66. The van der Waals surface area contributed by atoms with Crippen molar-refractivity contribution in [3.63, 3.8) is 0 Å². The van der Waals surface area contributed by atoms with Gasteiger partial charge >= 0.3 is 12.2 Å². The molecule has 172 valence electrons. The van der Waals surface area contributed by atoms with Crippen LogP contribution in [0.3, 0.4) is 0 Å². The van der Waals surface area contributed by atoms with E-state index in [0.29, 0.717) is 32.0 Å². The van der Waals surface area contributed by atoms with Crippen LogP contribution >= 0.6 is 0 Å². The van der Waals surface area contributed by atoms with Crippen molar-refractivity contribution in [3.05, 3.63) is 36.0 Å². The SMILES string of the molecule is O=C(N1CC(c2ccc(N3CC[C@@](O)(C(F)(F)F)C3)nc2)C1)N1CC[C@H](c2ncn[nH]2)C1. The molecule has 2 amide bonds. The van der Waals surface area contributed by atoms with Crippen LogP contribution in [0.4, 0.5) is 23.8 Å². The smallest absolute Gasteiger partial charge is 0.379 e. The molecule has 5 rings (SSSR count). The first-order valence-electron chi connectivity index (χ1n) is 10.6. The normalized spacial score (nSPS) is 26.6. The topological polar surface area (TPSA) is 101 Å². The van der Waals surface area contributed by atoms with Crippen LogP contribution in [0.25, 0.3) is 0 Å². The minimum Gasteiger partial charge on any atom is -0.379 e. The summed E-state index contributed by atoms with van der Waals surface area (Å²) >= 11 is 0.